The molecule has 0 saturated heterocycles. The van der Waals surface area contributed by atoms with Crippen LogP contribution in [0.1, 0.15) is 20.7 Å². The first-order valence-electron chi connectivity index (χ1n) is 9.61. The Morgan fingerprint density at radius 3 is 2.24 bits per heavy atom. The van der Waals surface area contributed by atoms with Gasteiger partial charge in [0.15, 0.2) is 0 Å². The predicted molar refractivity (Wildman–Crippen MR) is 130 cm³/mol. The Morgan fingerprint density at radius 2 is 1.61 bits per heavy atom. The number of carbonyl (C=O) groups is 2. The van der Waals surface area contributed by atoms with Crippen molar-refractivity contribution in [3.05, 3.63) is 105 Å². The second kappa shape index (κ2) is 9.58. The number of pyridine rings is 2. The van der Waals surface area contributed by atoms with E-state index in [2.05, 4.69) is 9.97 Å². The van der Waals surface area contributed by atoms with Gasteiger partial charge in [-0.05, 0) is 60.7 Å². The molecule has 6 nitrogen and oxygen atoms in total. The van der Waals surface area contributed by atoms with Crippen molar-refractivity contribution >= 4 is 58.0 Å². The first-order chi connectivity index (χ1) is 15.8. The number of primary amides is 1. The van der Waals surface area contributed by atoms with Crippen LogP contribution in [0.25, 0.3) is 11.3 Å². The maximum atomic E-state index is 13.7. The zero-order valence-corrected chi connectivity index (χ0v) is 19.1. The third kappa shape index (κ3) is 4.83. The van der Waals surface area contributed by atoms with Crippen molar-refractivity contribution in [3.8, 4) is 11.3 Å². The lowest BCUT2D eigenvalue weighted by Crippen LogP contribution is -2.26. The fraction of sp³-hybridized carbons (Fsp3) is 0. The molecule has 2 aromatic carbocycles. The number of nitrogens with zero attached hydrogens (tertiary/aromatic N) is 3. The van der Waals surface area contributed by atoms with Gasteiger partial charge in [-0.25, -0.2) is 4.98 Å². The molecular formula is C24H15Cl3N4O2. The molecule has 9 heteroatoms. The maximum absolute atomic E-state index is 13.7. The normalized spacial score (nSPS) is 10.6. The summed E-state index contributed by atoms with van der Waals surface area (Å²) in [5.41, 5.74) is 7.93. The van der Waals surface area contributed by atoms with Crippen LogP contribution < -0.4 is 10.6 Å². The molecule has 0 fully saturated rings. The van der Waals surface area contributed by atoms with Gasteiger partial charge in [-0.1, -0.05) is 40.9 Å². The second-order valence-corrected chi connectivity index (χ2v) is 8.12. The van der Waals surface area contributed by atoms with Gasteiger partial charge in [-0.3, -0.25) is 19.5 Å². The number of hydrogen-bond donors (Lipinski definition) is 1. The second-order valence-electron chi connectivity index (χ2n) is 6.92. The molecular weight excluding hydrogens is 483 g/mol. The molecule has 0 spiro atoms. The maximum Gasteiger partial charge on any atom is 0.264 e. The van der Waals surface area contributed by atoms with E-state index < -0.39 is 11.8 Å². The van der Waals surface area contributed by atoms with Gasteiger partial charge in [-0.15, -0.1) is 0 Å². The van der Waals surface area contributed by atoms with Crippen LogP contribution in [-0.2, 0) is 0 Å². The Labute approximate surface area is 204 Å². The monoisotopic (exact) mass is 496 g/mol. The molecule has 0 aliphatic carbocycles. The Hall–Kier alpha value is -3.45. The van der Waals surface area contributed by atoms with Crippen LogP contribution in [-0.4, -0.2) is 21.8 Å². The van der Waals surface area contributed by atoms with Crippen molar-refractivity contribution in [1.82, 2.24) is 9.97 Å². The van der Waals surface area contributed by atoms with Crippen LogP contribution in [0, 0.1) is 0 Å². The van der Waals surface area contributed by atoms with Gasteiger partial charge in [0.1, 0.15) is 5.15 Å². The summed E-state index contributed by atoms with van der Waals surface area (Å²) in [5.74, 6) is -1.10. The third-order valence-corrected chi connectivity index (χ3v) is 5.67. The summed E-state index contributed by atoms with van der Waals surface area (Å²) in [6, 6.07) is 18.1. The molecule has 164 valence electrons. The molecule has 0 aliphatic heterocycles. The standard InChI is InChI=1S/C24H15Cl3N4O2/c25-19-8-5-15(12-18(19)21-3-1-2-10-29-21)31(16-6-9-22(27)30-13-16)24(33)17-7-4-14(23(28)32)11-20(17)26/h1-13H,(H2,28,32). The minimum absolute atomic E-state index is 0.0853. The first kappa shape index (κ1) is 22.7. The molecule has 0 radical (unpaired) electrons. The Kier molecular flexibility index (Phi) is 6.60. The van der Waals surface area contributed by atoms with Gasteiger partial charge in [0.25, 0.3) is 5.91 Å². The summed E-state index contributed by atoms with van der Waals surface area (Å²) in [6.07, 6.45) is 3.13. The fourth-order valence-corrected chi connectivity index (χ4v) is 3.80. The number of benzene rings is 2. The minimum Gasteiger partial charge on any atom is -0.366 e. The molecule has 0 atom stereocenters. The van der Waals surface area contributed by atoms with Gasteiger partial charge in [0, 0.05) is 17.3 Å². The van der Waals surface area contributed by atoms with Gasteiger partial charge in [0.2, 0.25) is 5.91 Å². The van der Waals surface area contributed by atoms with Crippen LogP contribution in [0.2, 0.25) is 15.2 Å². The fourth-order valence-electron chi connectivity index (χ4n) is 3.22. The van der Waals surface area contributed by atoms with Crippen LogP contribution in [0.3, 0.4) is 0 Å². The van der Waals surface area contributed by atoms with E-state index in [-0.39, 0.29) is 21.3 Å². The van der Waals surface area contributed by atoms with E-state index in [4.69, 9.17) is 40.5 Å². The van der Waals surface area contributed by atoms with Crippen LogP contribution >= 0.6 is 34.8 Å². The molecule has 0 aliphatic rings. The van der Waals surface area contributed by atoms with E-state index >= 15 is 0 Å². The number of nitrogens with two attached hydrogens (primary N) is 1. The van der Waals surface area contributed by atoms with Crippen LogP contribution in [0.15, 0.2) is 79.1 Å². The van der Waals surface area contributed by atoms with Gasteiger partial charge in [0.05, 0.1) is 38.9 Å². The van der Waals surface area contributed by atoms with E-state index in [1.807, 2.05) is 12.1 Å². The lowest BCUT2D eigenvalue weighted by molar-refractivity contribution is 0.0988. The van der Waals surface area contributed by atoms with E-state index in [0.717, 1.165) is 0 Å². The Bertz CT molecular complexity index is 1350. The lowest BCUT2D eigenvalue weighted by Gasteiger charge is -2.24. The van der Waals surface area contributed by atoms with Gasteiger partial charge >= 0.3 is 0 Å². The highest BCUT2D eigenvalue weighted by Gasteiger charge is 2.24. The average molecular weight is 498 g/mol. The topological polar surface area (TPSA) is 89.2 Å². The van der Waals surface area contributed by atoms with Crippen molar-refractivity contribution in [2.75, 3.05) is 4.90 Å². The number of halogens is 3. The molecule has 0 saturated carbocycles. The third-order valence-electron chi connectivity index (χ3n) is 4.81. The number of aromatic nitrogens is 2. The molecule has 33 heavy (non-hydrogen) atoms. The van der Waals surface area contributed by atoms with Crippen molar-refractivity contribution in [3.63, 3.8) is 0 Å². The van der Waals surface area contributed by atoms with E-state index in [1.54, 1.807) is 42.6 Å². The summed E-state index contributed by atoms with van der Waals surface area (Å²) >= 11 is 18.7. The van der Waals surface area contributed by atoms with Crippen LogP contribution in [0.5, 0.6) is 0 Å². The predicted octanol–water partition coefficient (Wildman–Crippen LogP) is 6.18. The highest BCUT2D eigenvalue weighted by molar-refractivity contribution is 6.35. The number of rotatable bonds is 5. The molecule has 4 aromatic rings. The smallest absolute Gasteiger partial charge is 0.264 e. The Morgan fingerprint density at radius 1 is 0.818 bits per heavy atom. The SMILES string of the molecule is NC(=O)c1ccc(C(=O)N(c2ccc(Cl)nc2)c2ccc(Cl)c(-c3ccccn3)c2)c(Cl)c1. The van der Waals surface area contributed by atoms with Crippen molar-refractivity contribution in [1.29, 1.82) is 0 Å². The molecule has 0 bridgehead atoms. The van der Waals surface area contributed by atoms with Crippen molar-refractivity contribution < 1.29 is 9.59 Å². The van der Waals surface area contributed by atoms with Crippen LogP contribution in [0.4, 0.5) is 11.4 Å². The minimum atomic E-state index is -0.646. The van der Waals surface area contributed by atoms with Crippen molar-refractivity contribution in [2.24, 2.45) is 5.73 Å². The largest absolute Gasteiger partial charge is 0.366 e. The summed E-state index contributed by atoms with van der Waals surface area (Å²) in [7, 11) is 0. The molecule has 0 unspecified atom stereocenters. The molecule has 4 rings (SSSR count). The molecule has 2 heterocycles. The number of amides is 2. The molecule has 2 aromatic heterocycles. The number of anilines is 2. The highest BCUT2D eigenvalue weighted by atomic mass is 35.5. The number of carbonyl (C=O) groups excluding carboxylic acids is 2. The zero-order chi connectivity index (χ0) is 23.5. The summed E-state index contributed by atoms with van der Waals surface area (Å²) in [4.78, 5) is 35.0. The quantitative estimate of drug-likeness (QED) is 0.333. The van der Waals surface area contributed by atoms with E-state index in [9.17, 15) is 9.59 Å². The molecule has 2 amide bonds. The van der Waals surface area contributed by atoms with Crippen molar-refractivity contribution in [2.45, 2.75) is 0 Å². The highest BCUT2D eigenvalue weighted by Crippen LogP contribution is 2.35. The van der Waals surface area contributed by atoms with E-state index in [1.165, 1.54) is 29.3 Å². The average Bonchev–Trinajstić information content (AvgIpc) is 2.81. The summed E-state index contributed by atoms with van der Waals surface area (Å²) < 4.78 is 0. The first-order valence-corrected chi connectivity index (χ1v) is 10.7. The molecule has 2 N–H and O–H groups in total. The summed E-state index contributed by atoms with van der Waals surface area (Å²) in [5, 5.41) is 0.838. The lowest BCUT2D eigenvalue weighted by atomic mass is 10.1. The van der Waals surface area contributed by atoms with E-state index in [0.29, 0.717) is 27.7 Å². The Balaban J connectivity index is 1.86. The summed E-state index contributed by atoms with van der Waals surface area (Å²) in [6.45, 7) is 0. The van der Waals surface area contributed by atoms with Gasteiger partial charge < -0.3 is 5.73 Å². The zero-order valence-electron chi connectivity index (χ0n) is 16.9. The number of hydrogen-bond acceptors (Lipinski definition) is 4. The van der Waals surface area contributed by atoms with Gasteiger partial charge in [-0.2, -0.15) is 0 Å².